The molecule has 0 radical (unpaired) electrons. The molecular formula is C10H7ClN2O2. The van der Waals surface area contributed by atoms with Gasteiger partial charge in [-0.05, 0) is 12.1 Å². The molecule has 1 heterocycles. The SMILES string of the molecule is Oc1ccccc1Oc1ncc(Cl)cn1. The van der Waals surface area contributed by atoms with Gasteiger partial charge in [0.25, 0.3) is 0 Å². The van der Waals surface area contributed by atoms with Crippen molar-refractivity contribution in [1.82, 2.24) is 9.97 Å². The summed E-state index contributed by atoms with van der Waals surface area (Å²) in [5, 5.41) is 9.85. The molecule has 1 N–H and O–H groups in total. The Hall–Kier alpha value is -1.81. The molecule has 76 valence electrons. The Labute approximate surface area is 91.1 Å². The molecule has 0 bridgehead atoms. The van der Waals surface area contributed by atoms with Crippen molar-refractivity contribution in [1.29, 1.82) is 0 Å². The molecule has 0 aliphatic rings. The number of phenolic OH excluding ortho intramolecular Hbond substituents is 1. The summed E-state index contributed by atoms with van der Waals surface area (Å²) in [5.41, 5.74) is 0. The molecule has 1 aromatic heterocycles. The van der Waals surface area contributed by atoms with Gasteiger partial charge in [-0.3, -0.25) is 0 Å². The van der Waals surface area contributed by atoms with Crippen LogP contribution >= 0.6 is 11.6 Å². The zero-order valence-corrected chi connectivity index (χ0v) is 8.35. The maximum absolute atomic E-state index is 9.42. The van der Waals surface area contributed by atoms with Gasteiger partial charge in [0, 0.05) is 0 Å². The smallest absolute Gasteiger partial charge is 0.322 e. The molecule has 0 fully saturated rings. The quantitative estimate of drug-likeness (QED) is 0.849. The van der Waals surface area contributed by atoms with Crippen molar-refractivity contribution in [3.8, 4) is 17.5 Å². The summed E-state index contributed by atoms with van der Waals surface area (Å²) in [4.78, 5) is 7.68. The Morgan fingerprint density at radius 2 is 1.80 bits per heavy atom. The third-order valence-corrected chi connectivity index (χ3v) is 1.86. The van der Waals surface area contributed by atoms with Gasteiger partial charge in [-0.1, -0.05) is 23.7 Å². The number of hydrogen-bond donors (Lipinski definition) is 1. The zero-order valence-electron chi connectivity index (χ0n) is 7.59. The Balaban J connectivity index is 2.22. The molecule has 1 aromatic carbocycles. The molecule has 0 unspecified atom stereocenters. The zero-order chi connectivity index (χ0) is 10.7. The Kier molecular flexibility index (Phi) is 2.69. The fourth-order valence-electron chi connectivity index (χ4n) is 0.995. The van der Waals surface area contributed by atoms with Crippen molar-refractivity contribution in [3.05, 3.63) is 41.7 Å². The maximum Gasteiger partial charge on any atom is 0.322 e. The second-order valence-corrected chi connectivity index (χ2v) is 3.19. The average molecular weight is 223 g/mol. The number of halogens is 1. The first kappa shape index (κ1) is 9.73. The monoisotopic (exact) mass is 222 g/mol. The van der Waals surface area contributed by atoms with Gasteiger partial charge in [0.15, 0.2) is 11.5 Å². The summed E-state index contributed by atoms with van der Waals surface area (Å²) < 4.78 is 5.23. The van der Waals surface area contributed by atoms with E-state index in [2.05, 4.69) is 9.97 Å². The van der Waals surface area contributed by atoms with E-state index >= 15 is 0 Å². The van der Waals surface area contributed by atoms with Crippen LogP contribution in [0.3, 0.4) is 0 Å². The summed E-state index contributed by atoms with van der Waals surface area (Å²) in [6.45, 7) is 0. The van der Waals surface area contributed by atoms with Crippen molar-refractivity contribution < 1.29 is 9.84 Å². The van der Waals surface area contributed by atoms with E-state index in [1.807, 2.05) is 0 Å². The largest absolute Gasteiger partial charge is 0.504 e. The van der Waals surface area contributed by atoms with Gasteiger partial charge in [-0.15, -0.1) is 0 Å². The fourth-order valence-corrected chi connectivity index (χ4v) is 1.09. The molecule has 0 saturated heterocycles. The Bertz CT molecular complexity index is 459. The van der Waals surface area contributed by atoms with E-state index in [-0.39, 0.29) is 11.8 Å². The number of aromatic hydroxyl groups is 1. The van der Waals surface area contributed by atoms with E-state index < -0.39 is 0 Å². The highest BCUT2D eigenvalue weighted by Crippen LogP contribution is 2.27. The van der Waals surface area contributed by atoms with Crippen molar-refractivity contribution in [2.75, 3.05) is 0 Å². The summed E-state index contributed by atoms with van der Waals surface area (Å²) in [5.74, 6) is 0.343. The van der Waals surface area contributed by atoms with Crippen LogP contribution in [-0.4, -0.2) is 15.1 Å². The summed E-state index contributed by atoms with van der Waals surface area (Å²) >= 11 is 5.62. The first-order valence-electron chi connectivity index (χ1n) is 4.19. The lowest BCUT2D eigenvalue weighted by Gasteiger charge is -2.04. The first-order chi connectivity index (χ1) is 7.25. The maximum atomic E-state index is 9.42. The van der Waals surface area contributed by atoms with Gasteiger partial charge in [-0.25, -0.2) is 9.97 Å². The van der Waals surface area contributed by atoms with Crippen LogP contribution in [0, 0.1) is 0 Å². The highest BCUT2D eigenvalue weighted by Gasteiger charge is 2.03. The van der Waals surface area contributed by atoms with E-state index in [9.17, 15) is 5.11 Å². The van der Waals surface area contributed by atoms with Gasteiger partial charge in [0.2, 0.25) is 0 Å². The number of hydrogen-bond acceptors (Lipinski definition) is 4. The van der Waals surface area contributed by atoms with Gasteiger partial charge in [0.05, 0.1) is 17.4 Å². The summed E-state index contributed by atoms with van der Waals surface area (Å²) in [6, 6.07) is 6.72. The van der Waals surface area contributed by atoms with Gasteiger partial charge >= 0.3 is 6.01 Å². The summed E-state index contributed by atoms with van der Waals surface area (Å²) in [7, 11) is 0. The van der Waals surface area contributed by atoms with Crippen molar-refractivity contribution >= 4 is 11.6 Å². The van der Waals surface area contributed by atoms with Crippen molar-refractivity contribution in [2.24, 2.45) is 0 Å². The molecule has 0 aliphatic heterocycles. The van der Waals surface area contributed by atoms with Gasteiger partial charge in [0.1, 0.15) is 0 Å². The van der Waals surface area contributed by atoms with E-state index in [1.165, 1.54) is 18.5 Å². The van der Waals surface area contributed by atoms with Crippen LogP contribution in [0.25, 0.3) is 0 Å². The van der Waals surface area contributed by atoms with Crippen LogP contribution in [-0.2, 0) is 0 Å². The second-order valence-electron chi connectivity index (χ2n) is 2.75. The number of benzene rings is 1. The average Bonchev–Trinajstić information content (AvgIpc) is 2.25. The minimum atomic E-state index is 0.0380. The third kappa shape index (κ3) is 2.35. The topological polar surface area (TPSA) is 55.2 Å². The molecule has 5 heteroatoms. The van der Waals surface area contributed by atoms with E-state index in [1.54, 1.807) is 18.2 Å². The van der Waals surface area contributed by atoms with Crippen LogP contribution in [0.4, 0.5) is 0 Å². The fraction of sp³-hybridized carbons (Fsp3) is 0. The van der Waals surface area contributed by atoms with Crippen LogP contribution in [0.15, 0.2) is 36.7 Å². The number of rotatable bonds is 2. The Morgan fingerprint density at radius 1 is 1.13 bits per heavy atom. The molecule has 0 saturated carbocycles. The molecule has 4 nitrogen and oxygen atoms in total. The summed E-state index contributed by atoms with van der Waals surface area (Å²) in [6.07, 6.45) is 2.84. The molecular weight excluding hydrogens is 216 g/mol. The van der Waals surface area contributed by atoms with E-state index in [0.29, 0.717) is 10.8 Å². The van der Waals surface area contributed by atoms with Crippen molar-refractivity contribution in [2.45, 2.75) is 0 Å². The third-order valence-electron chi connectivity index (χ3n) is 1.66. The molecule has 2 aromatic rings. The number of aromatic nitrogens is 2. The lowest BCUT2D eigenvalue weighted by Crippen LogP contribution is -1.90. The van der Waals surface area contributed by atoms with Crippen LogP contribution in [0.1, 0.15) is 0 Å². The van der Waals surface area contributed by atoms with Crippen LogP contribution in [0.2, 0.25) is 5.02 Å². The predicted octanol–water partition coefficient (Wildman–Crippen LogP) is 2.63. The Morgan fingerprint density at radius 3 is 2.47 bits per heavy atom. The molecule has 15 heavy (non-hydrogen) atoms. The number of phenols is 1. The van der Waals surface area contributed by atoms with E-state index in [0.717, 1.165) is 0 Å². The number of para-hydroxylation sites is 2. The van der Waals surface area contributed by atoms with Crippen LogP contribution < -0.4 is 4.74 Å². The lowest BCUT2D eigenvalue weighted by molar-refractivity contribution is 0.392. The van der Waals surface area contributed by atoms with Gasteiger partial charge < -0.3 is 9.84 Å². The molecule has 0 spiro atoms. The second kappa shape index (κ2) is 4.14. The van der Waals surface area contributed by atoms with Gasteiger partial charge in [-0.2, -0.15) is 0 Å². The number of nitrogens with zero attached hydrogens (tertiary/aromatic N) is 2. The standard InChI is InChI=1S/C10H7ClN2O2/c11-7-5-12-10(13-6-7)15-9-4-2-1-3-8(9)14/h1-6,14H. The minimum Gasteiger partial charge on any atom is -0.504 e. The predicted molar refractivity (Wildman–Crippen MR) is 55.2 cm³/mol. The van der Waals surface area contributed by atoms with Crippen molar-refractivity contribution in [3.63, 3.8) is 0 Å². The molecule has 0 aliphatic carbocycles. The van der Waals surface area contributed by atoms with E-state index in [4.69, 9.17) is 16.3 Å². The molecule has 0 atom stereocenters. The normalized spacial score (nSPS) is 9.93. The first-order valence-corrected chi connectivity index (χ1v) is 4.57. The highest BCUT2D eigenvalue weighted by atomic mass is 35.5. The lowest BCUT2D eigenvalue weighted by atomic mass is 10.3. The minimum absolute atomic E-state index is 0.0380. The molecule has 2 rings (SSSR count). The number of ether oxygens (including phenoxy) is 1. The molecule has 0 amide bonds. The highest BCUT2D eigenvalue weighted by molar-refractivity contribution is 6.30. The van der Waals surface area contributed by atoms with Crippen LogP contribution in [0.5, 0.6) is 17.5 Å².